The number of halogens is 2. The zero-order chi connectivity index (χ0) is 15.4. The Bertz CT molecular complexity index is 613. The van der Waals surface area contributed by atoms with Gasteiger partial charge < -0.3 is 10.4 Å². The molecule has 0 aliphatic carbocycles. The molecule has 1 atom stereocenters. The van der Waals surface area contributed by atoms with E-state index >= 15 is 0 Å². The molecule has 0 amide bonds. The summed E-state index contributed by atoms with van der Waals surface area (Å²) in [5, 5.41) is 18.0. The molecule has 1 heterocycles. The topological polar surface area (TPSA) is 50.1 Å². The van der Waals surface area contributed by atoms with Crippen molar-refractivity contribution in [1.29, 1.82) is 0 Å². The van der Waals surface area contributed by atoms with Crippen LogP contribution in [0.25, 0.3) is 5.69 Å². The minimum atomic E-state index is 0.168. The predicted molar refractivity (Wildman–Crippen MR) is 86.3 cm³/mol. The molecule has 2 N–H and O–H groups in total. The van der Waals surface area contributed by atoms with Gasteiger partial charge in [-0.2, -0.15) is 5.10 Å². The van der Waals surface area contributed by atoms with Crippen molar-refractivity contribution in [1.82, 2.24) is 15.1 Å². The van der Waals surface area contributed by atoms with Crippen LogP contribution in [0, 0.1) is 12.8 Å². The van der Waals surface area contributed by atoms with Crippen LogP contribution in [-0.4, -0.2) is 28.0 Å². The van der Waals surface area contributed by atoms with Crippen LogP contribution < -0.4 is 5.32 Å². The van der Waals surface area contributed by atoms with Gasteiger partial charge in [0.1, 0.15) is 5.15 Å². The predicted octanol–water partition coefficient (Wildman–Crippen LogP) is 3.21. The van der Waals surface area contributed by atoms with E-state index in [0.717, 1.165) is 23.5 Å². The molecule has 2 aromatic rings. The summed E-state index contributed by atoms with van der Waals surface area (Å²) < 4.78 is 1.69. The maximum atomic E-state index is 9.02. The maximum absolute atomic E-state index is 9.02. The second-order valence-electron chi connectivity index (χ2n) is 5.17. The van der Waals surface area contributed by atoms with E-state index in [-0.39, 0.29) is 12.5 Å². The Morgan fingerprint density at radius 2 is 2.14 bits per heavy atom. The fourth-order valence-corrected chi connectivity index (χ4v) is 2.54. The molecule has 0 saturated carbocycles. The highest BCUT2D eigenvalue weighted by Crippen LogP contribution is 2.24. The average molecular weight is 328 g/mol. The molecular formula is C15H19Cl2N3O. The minimum Gasteiger partial charge on any atom is -0.396 e. The summed E-state index contributed by atoms with van der Waals surface area (Å²) in [5.41, 5.74) is 2.68. The molecule has 21 heavy (non-hydrogen) atoms. The number of hydrogen-bond donors (Lipinski definition) is 2. The lowest BCUT2D eigenvalue weighted by Crippen LogP contribution is -2.23. The first-order chi connectivity index (χ1) is 10.0. The summed E-state index contributed by atoms with van der Waals surface area (Å²) >= 11 is 12.4. The normalized spacial score (nSPS) is 12.6. The van der Waals surface area contributed by atoms with Crippen LogP contribution in [0.4, 0.5) is 0 Å². The summed E-state index contributed by atoms with van der Waals surface area (Å²) in [7, 11) is 0. The molecule has 6 heteroatoms. The third-order valence-corrected chi connectivity index (χ3v) is 3.90. The molecule has 0 saturated heterocycles. The van der Waals surface area contributed by atoms with Crippen molar-refractivity contribution in [2.24, 2.45) is 5.92 Å². The molecule has 0 fully saturated rings. The quantitative estimate of drug-likeness (QED) is 0.856. The van der Waals surface area contributed by atoms with Crippen molar-refractivity contribution in [2.75, 3.05) is 13.2 Å². The van der Waals surface area contributed by atoms with E-state index in [0.29, 0.717) is 16.7 Å². The summed E-state index contributed by atoms with van der Waals surface area (Å²) in [4.78, 5) is 0. The second kappa shape index (κ2) is 7.27. The smallest absolute Gasteiger partial charge is 0.137 e. The van der Waals surface area contributed by atoms with Crippen LogP contribution in [0.5, 0.6) is 0 Å². The molecular weight excluding hydrogens is 309 g/mol. The van der Waals surface area contributed by atoms with Crippen LogP contribution >= 0.6 is 23.2 Å². The van der Waals surface area contributed by atoms with Crippen LogP contribution in [0.3, 0.4) is 0 Å². The molecule has 1 aromatic carbocycles. The van der Waals surface area contributed by atoms with Crippen LogP contribution in [0.15, 0.2) is 24.3 Å². The highest BCUT2D eigenvalue weighted by Gasteiger charge is 2.14. The second-order valence-corrected chi connectivity index (χ2v) is 5.96. The number of rotatable bonds is 6. The van der Waals surface area contributed by atoms with Gasteiger partial charge in [0, 0.05) is 30.3 Å². The van der Waals surface area contributed by atoms with Gasteiger partial charge in [-0.05, 0) is 31.0 Å². The van der Waals surface area contributed by atoms with Crippen LogP contribution in [0.2, 0.25) is 10.2 Å². The van der Waals surface area contributed by atoms with Crippen LogP contribution in [0.1, 0.15) is 18.2 Å². The van der Waals surface area contributed by atoms with Crippen molar-refractivity contribution >= 4 is 23.2 Å². The Balaban J connectivity index is 2.18. The molecule has 2 rings (SSSR count). The zero-order valence-corrected chi connectivity index (χ0v) is 13.6. The Hall–Kier alpha value is -1.07. The van der Waals surface area contributed by atoms with E-state index in [1.807, 2.05) is 38.1 Å². The number of hydrogen-bond acceptors (Lipinski definition) is 3. The van der Waals surface area contributed by atoms with E-state index in [4.69, 9.17) is 28.3 Å². The molecule has 0 bridgehead atoms. The van der Waals surface area contributed by atoms with Gasteiger partial charge in [-0.3, -0.25) is 0 Å². The van der Waals surface area contributed by atoms with E-state index in [1.165, 1.54) is 0 Å². The zero-order valence-electron chi connectivity index (χ0n) is 12.1. The Morgan fingerprint density at radius 1 is 1.38 bits per heavy atom. The van der Waals surface area contributed by atoms with E-state index in [2.05, 4.69) is 10.4 Å². The summed E-state index contributed by atoms with van der Waals surface area (Å²) in [6.45, 7) is 5.43. The van der Waals surface area contributed by atoms with Crippen molar-refractivity contribution < 1.29 is 5.11 Å². The van der Waals surface area contributed by atoms with Gasteiger partial charge in [0.05, 0.1) is 11.4 Å². The molecule has 0 aliphatic heterocycles. The molecule has 4 nitrogen and oxygen atoms in total. The van der Waals surface area contributed by atoms with Gasteiger partial charge in [0.15, 0.2) is 0 Å². The Kier molecular flexibility index (Phi) is 5.65. The number of aryl methyl sites for hydroxylation is 1. The average Bonchev–Trinajstić information content (AvgIpc) is 2.75. The SMILES string of the molecule is Cc1nn(-c2cccc(Cl)c2)c(Cl)c1CNCC(C)CO. The van der Waals surface area contributed by atoms with Crippen molar-refractivity contribution in [3.8, 4) is 5.69 Å². The fraction of sp³-hybridized carbons (Fsp3) is 0.400. The summed E-state index contributed by atoms with van der Waals surface area (Å²) in [6, 6.07) is 7.42. The number of nitrogens with zero attached hydrogens (tertiary/aromatic N) is 2. The van der Waals surface area contributed by atoms with Gasteiger partial charge >= 0.3 is 0 Å². The first-order valence-electron chi connectivity index (χ1n) is 6.84. The number of aromatic nitrogens is 2. The van der Waals surface area contributed by atoms with Gasteiger partial charge in [-0.15, -0.1) is 0 Å². The molecule has 0 aliphatic rings. The number of benzene rings is 1. The van der Waals surface area contributed by atoms with E-state index < -0.39 is 0 Å². The van der Waals surface area contributed by atoms with Crippen LogP contribution in [-0.2, 0) is 6.54 Å². The van der Waals surface area contributed by atoms with E-state index in [1.54, 1.807) is 4.68 Å². The van der Waals surface area contributed by atoms with Crippen molar-refractivity contribution in [2.45, 2.75) is 20.4 Å². The molecule has 0 radical (unpaired) electrons. The lowest BCUT2D eigenvalue weighted by Gasteiger charge is -2.09. The highest BCUT2D eigenvalue weighted by molar-refractivity contribution is 6.31. The fourth-order valence-electron chi connectivity index (χ4n) is 2.02. The monoisotopic (exact) mass is 327 g/mol. The highest BCUT2D eigenvalue weighted by atomic mass is 35.5. The maximum Gasteiger partial charge on any atom is 0.137 e. The number of aliphatic hydroxyl groups is 1. The van der Waals surface area contributed by atoms with Gasteiger partial charge in [-0.1, -0.05) is 36.2 Å². The first kappa shape index (κ1) is 16.3. The third-order valence-electron chi connectivity index (χ3n) is 3.28. The molecule has 114 valence electrons. The number of aliphatic hydroxyl groups excluding tert-OH is 1. The summed E-state index contributed by atoms with van der Waals surface area (Å²) in [5.74, 6) is 0.215. The largest absolute Gasteiger partial charge is 0.396 e. The van der Waals surface area contributed by atoms with E-state index in [9.17, 15) is 0 Å². The minimum absolute atomic E-state index is 0.168. The standard InChI is InChI=1S/C15H19Cl2N3O/c1-10(9-21)7-18-8-14-11(2)19-20(15(14)17)13-5-3-4-12(16)6-13/h3-6,10,18,21H,7-9H2,1-2H3. The Morgan fingerprint density at radius 3 is 2.81 bits per heavy atom. The first-order valence-corrected chi connectivity index (χ1v) is 7.60. The van der Waals surface area contributed by atoms with Gasteiger partial charge in [0.2, 0.25) is 0 Å². The van der Waals surface area contributed by atoms with Gasteiger partial charge in [-0.25, -0.2) is 4.68 Å². The van der Waals surface area contributed by atoms with Gasteiger partial charge in [0.25, 0.3) is 0 Å². The molecule has 0 spiro atoms. The van der Waals surface area contributed by atoms with Crippen molar-refractivity contribution in [3.05, 3.63) is 45.7 Å². The molecule has 1 unspecified atom stereocenters. The third kappa shape index (κ3) is 3.98. The van der Waals surface area contributed by atoms with Crippen molar-refractivity contribution in [3.63, 3.8) is 0 Å². The Labute approximate surface area is 134 Å². The summed E-state index contributed by atoms with van der Waals surface area (Å²) in [6.07, 6.45) is 0. The lowest BCUT2D eigenvalue weighted by atomic mass is 10.2. The number of nitrogens with one attached hydrogen (secondary N) is 1. The lowest BCUT2D eigenvalue weighted by molar-refractivity contribution is 0.233. The molecule has 1 aromatic heterocycles.